The van der Waals surface area contributed by atoms with Gasteiger partial charge in [-0.1, -0.05) is 18.2 Å². The number of hydrogen-bond acceptors (Lipinski definition) is 6. The third-order valence-electron chi connectivity index (χ3n) is 4.95. The maximum atomic E-state index is 11.9. The number of aryl methyl sites for hydroxylation is 2. The van der Waals surface area contributed by atoms with Crippen molar-refractivity contribution in [3.8, 4) is 5.75 Å². The van der Waals surface area contributed by atoms with Crippen LogP contribution in [0.2, 0.25) is 0 Å². The second-order valence-electron chi connectivity index (χ2n) is 7.27. The molecule has 0 radical (unpaired) electrons. The summed E-state index contributed by atoms with van der Waals surface area (Å²) in [5.41, 5.74) is 4.76. The molecule has 7 nitrogen and oxygen atoms in total. The number of aromatic nitrogens is 1. The number of anilines is 1. The van der Waals surface area contributed by atoms with Gasteiger partial charge in [0.2, 0.25) is 0 Å². The normalized spacial score (nSPS) is 12.0. The van der Waals surface area contributed by atoms with E-state index in [0.29, 0.717) is 24.4 Å². The fourth-order valence-electron chi connectivity index (χ4n) is 3.37. The van der Waals surface area contributed by atoms with E-state index in [2.05, 4.69) is 41.6 Å². The van der Waals surface area contributed by atoms with Crippen LogP contribution < -0.4 is 15.4 Å². The van der Waals surface area contributed by atoms with Crippen LogP contribution in [0.5, 0.6) is 5.75 Å². The van der Waals surface area contributed by atoms with Crippen molar-refractivity contribution < 1.29 is 19.4 Å². The van der Waals surface area contributed by atoms with Crippen molar-refractivity contribution in [2.75, 3.05) is 38.7 Å². The van der Waals surface area contributed by atoms with E-state index >= 15 is 0 Å². The number of ether oxygens (including phenoxy) is 2. The molecular weight excluding hydrogens is 382 g/mol. The monoisotopic (exact) mass is 411 g/mol. The SMILES string of the molecule is COC(=O)c1cc(OCC(O)CNCCNc2c(C)cccc2C)c2cc[nH]c2c1. The van der Waals surface area contributed by atoms with Gasteiger partial charge in [-0.2, -0.15) is 0 Å². The lowest BCUT2D eigenvalue weighted by molar-refractivity contribution is 0.0600. The Kier molecular flexibility index (Phi) is 7.32. The van der Waals surface area contributed by atoms with E-state index in [1.807, 2.05) is 12.1 Å². The Morgan fingerprint density at radius 2 is 1.93 bits per heavy atom. The van der Waals surface area contributed by atoms with Crippen LogP contribution in [-0.2, 0) is 4.74 Å². The third-order valence-corrected chi connectivity index (χ3v) is 4.95. The van der Waals surface area contributed by atoms with Gasteiger partial charge < -0.3 is 30.2 Å². The molecule has 4 N–H and O–H groups in total. The number of H-pyrrole nitrogens is 1. The van der Waals surface area contributed by atoms with Gasteiger partial charge in [0.1, 0.15) is 18.5 Å². The van der Waals surface area contributed by atoms with Gasteiger partial charge in [-0.25, -0.2) is 4.79 Å². The Balaban J connectivity index is 1.46. The third kappa shape index (κ3) is 5.31. The number of aliphatic hydroxyl groups excluding tert-OH is 1. The number of methoxy groups -OCH3 is 1. The van der Waals surface area contributed by atoms with Crippen LogP contribution in [0, 0.1) is 13.8 Å². The highest BCUT2D eigenvalue weighted by molar-refractivity contribution is 5.97. The summed E-state index contributed by atoms with van der Waals surface area (Å²) >= 11 is 0. The molecule has 1 aromatic heterocycles. The molecule has 1 unspecified atom stereocenters. The molecule has 3 rings (SSSR count). The number of aromatic amines is 1. The number of benzene rings is 2. The zero-order valence-electron chi connectivity index (χ0n) is 17.6. The van der Waals surface area contributed by atoms with E-state index in [0.717, 1.165) is 23.1 Å². The number of hydrogen-bond donors (Lipinski definition) is 4. The second kappa shape index (κ2) is 10.1. The first kappa shape index (κ1) is 21.7. The molecule has 1 atom stereocenters. The first-order valence-corrected chi connectivity index (χ1v) is 10.0. The highest BCUT2D eigenvalue weighted by Gasteiger charge is 2.13. The molecule has 30 heavy (non-hydrogen) atoms. The lowest BCUT2D eigenvalue weighted by Gasteiger charge is -2.16. The van der Waals surface area contributed by atoms with E-state index in [1.165, 1.54) is 18.2 Å². The Bertz CT molecular complexity index is 979. The van der Waals surface area contributed by atoms with E-state index in [1.54, 1.807) is 18.3 Å². The minimum atomic E-state index is -0.680. The molecule has 0 spiro atoms. The zero-order chi connectivity index (χ0) is 21.5. The van der Waals surface area contributed by atoms with Gasteiger partial charge in [0, 0.05) is 42.4 Å². The highest BCUT2D eigenvalue weighted by Crippen LogP contribution is 2.27. The number of esters is 1. The van der Waals surface area contributed by atoms with Crippen LogP contribution in [0.4, 0.5) is 5.69 Å². The number of para-hydroxylation sites is 1. The maximum Gasteiger partial charge on any atom is 0.338 e. The quantitative estimate of drug-likeness (QED) is 0.303. The number of aliphatic hydroxyl groups is 1. The van der Waals surface area contributed by atoms with Crippen molar-refractivity contribution in [3.05, 3.63) is 59.3 Å². The van der Waals surface area contributed by atoms with Gasteiger partial charge in [-0.3, -0.25) is 0 Å². The maximum absolute atomic E-state index is 11.9. The number of carbonyl (C=O) groups excluding carboxylic acids is 1. The summed E-state index contributed by atoms with van der Waals surface area (Å²) in [7, 11) is 1.34. The molecule has 3 aromatic rings. The van der Waals surface area contributed by atoms with Crippen LogP contribution >= 0.6 is 0 Å². The van der Waals surface area contributed by atoms with Crippen LogP contribution in [-0.4, -0.2) is 55.5 Å². The number of carbonyl (C=O) groups is 1. The molecule has 0 saturated carbocycles. The number of nitrogens with one attached hydrogen (secondary N) is 3. The van der Waals surface area contributed by atoms with Gasteiger partial charge >= 0.3 is 5.97 Å². The summed E-state index contributed by atoms with van der Waals surface area (Å²) in [6.45, 7) is 6.15. The summed E-state index contributed by atoms with van der Waals surface area (Å²) in [6, 6.07) is 11.4. The van der Waals surface area contributed by atoms with Crippen LogP contribution in [0.15, 0.2) is 42.6 Å². The van der Waals surface area contributed by atoms with Crippen molar-refractivity contribution in [2.45, 2.75) is 20.0 Å². The van der Waals surface area contributed by atoms with Crippen LogP contribution in [0.1, 0.15) is 21.5 Å². The average Bonchev–Trinajstić information content (AvgIpc) is 3.21. The Morgan fingerprint density at radius 3 is 2.67 bits per heavy atom. The van der Waals surface area contributed by atoms with Crippen LogP contribution in [0.25, 0.3) is 10.9 Å². The lowest BCUT2D eigenvalue weighted by Crippen LogP contribution is -2.34. The molecule has 160 valence electrons. The van der Waals surface area contributed by atoms with Gasteiger partial charge in [-0.05, 0) is 43.2 Å². The van der Waals surface area contributed by atoms with Gasteiger partial charge in [0.25, 0.3) is 0 Å². The Labute approximate surface area is 176 Å². The van der Waals surface area contributed by atoms with E-state index in [9.17, 15) is 9.90 Å². The topological polar surface area (TPSA) is 95.6 Å². The van der Waals surface area contributed by atoms with Crippen molar-refractivity contribution in [3.63, 3.8) is 0 Å². The molecule has 0 aliphatic heterocycles. The largest absolute Gasteiger partial charge is 0.490 e. The molecule has 1 heterocycles. The first-order chi connectivity index (χ1) is 14.5. The molecule has 0 saturated heterocycles. The summed E-state index contributed by atoms with van der Waals surface area (Å²) in [4.78, 5) is 14.9. The van der Waals surface area contributed by atoms with Gasteiger partial charge in [0.15, 0.2) is 0 Å². The predicted molar refractivity (Wildman–Crippen MR) is 118 cm³/mol. The van der Waals surface area contributed by atoms with Gasteiger partial charge in [0.05, 0.1) is 12.7 Å². The molecule has 0 fully saturated rings. The molecular formula is C23H29N3O4. The molecule has 0 amide bonds. The number of fused-ring (bicyclic) bond motifs is 1. The molecule has 0 aliphatic carbocycles. The second-order valence-corrected chi connectivity index (χ2v) is 7.27. The average molecular weight is 412 g/mol. The fraction of sp³-hybridized carbons (Fsp3) is 0.348. The molecule has 7 heteroatoms. The van der Waals surface area contributed by atoms with E-state index < -0.39 is 12.1 Å². The molecule has 2 aromatic carbocycles. The smallest absolute Gasteiger partial charge is 0.338 e. The summed E-state index contributed by atoms with van der Waals surface area (Å²) in [5, 5.41) is 17.8. The zero-order valence-corrected chi connectivity index (χ0v) is 17.6. The first-order valence-electron chi connectivity index (χ1n) is 10.0. The Hall–Kier alpha value is -3.03. The standard InChI is InChI=1S/C23H29N3O4/c1-15-5-4-6-16(2)22(15)26-10-9-24-13-18(27)14-30-21-12-17(23(28)29-3)11-20-19(21)7-8-25-20/h4-8,11-12,18,24-27H,9-10,13-14H2,1-3H3. The Morgan fingerprint density at radius 1 is 1.17 bits per heavy atom. The fourth-order valence-corrected chi connectivity index (χ4v) is 3.37. The van der Waals surface area contributed by atoms with Crippen molar-refractivity contribution in [1.82, 2.24) is 10.3 Å². The summed E-state index contributed by atoms with van der Waals surface area (Å²) in [6.07, 6.45) is 1.10. The van der Waals surface area contributed by atoms with Gasteiger partial charge in [-0.15, -0.1) is 0 Å². The highest BCUT2D eigenvalue weighted by atomic mass is 16.5. The van der Waals surface area contributed by atoms with Crippen molar-refractivity contribution in [2.24, 2.45) is 0 Å². The minimum absolute atomic E-state index is 0.113. The predicted octanol–water partition coefficient (Wildman–Crippen LogP) is 3.01. The van der Waals surface area contributed by atoms with Crippen LogP contribution in [0.3, 0.4) is 0 Å². The lowest BCUT2D eigenvalue weighted by atomic mass is 10.1. The summed E-state index contributed by atoms with van der Waals surface area (Å²) in [5.74, 6) is 0.0971. The summed E-state index contributed by atoms with van der Waals surface area (Å²) < 4.78 is 10.6. The van der Waals surface area contributed by atoms with Crippen molar-refractivity contribution in [1.29, 1.82) is 0 Å². The molecule has 0 aliphatic rings. The molecule has 0 bridgehead atoms. The van der Waals surface area contributed by atoms with Crippen molar-refractivity contribution >= 4 is 22.6 Å². The van der Waals surface area contributed by atoms with E-state index in [4.69, 9.17) is 9.47 Å². The minimum Gasteiger partial charge on any atom is -0.490 e. The van der Waals surface area contributed by atoms with E-state index in [-0.39, 0.29) is 6.61 Å². The number of rotatable bonds is 10.